The van der Waals surface area contributed by atoms with Gasteiger partial charge in [-0.15, -0.1) is 0 Å². The van der Waals surface area contributed by atoms with Crippen molar-refractivity contribution in [1.82, 2.24) is 25.1 Å². The van der Waals surface area contributed by atoms with Gasteiger partial charge in [-0.05, 0) is 12.8 Å². The second-order valence-corrected chi connectivity index (χ2v) is 7.24. The molecule has 0 amide bonds. The predicted octanol–water partition coefficient (Wildman–Crippen LogP) is 2.40. The second-order valence-electron chi connectivity index (χ2n) is 6.23. The molecule has 0 bridgehead atoms. The molecule has 9 nitrogen and oxygen atoms in total. The van der Waals surface area contributed by atoms with Crippen molar-refractivity contribution in [2.75, 3.05) is 12.5 Å². The first-order valence-corrected chi connectivity index (χ1v) is 10.1. The number of rotatable bonds is 6. The summed E-state index contributed by atoms with van der Waals surface area (Å²) >= 11 is 6.44. The molecule has 0 atom stereocenters. The Morgan fingerprint density at radius 2 is 2.25 bits per heavy atom. The van der Waals surface area contributed by atoms with Crippen molar-refractivity contribution in [3.8, 4) is 17.1 Å². The average molecular weight is 453 g/mol. The molecule has 2 heterocycles. The van der Waals surface area contributed by atoms with Crippen LogP contribution >= 0.6 is 11.6 Å². The fraction of sp³-hybridized carbons (Fsp3) is 0.235. The van der Waals surface area contributed by atoms with Crippen LogP contribution in [0, 0.1) is 0 Å². The molecular weight excluding hydrogens is 437 g/mol. The van der Waals surface area contributed by atoms with Crippen LogP contribution in [0.2, 0.25) is 0 Å². The van der Waals surface area contributed by atoms with Crippen LogP contribution in [0.15, 0.2) is 47.8 Å². The monoisotopic (exact) mass is 451 g/mol. The van der Waals surface area contributed by atoms with Gasteiger partial charge in [0.25, 0.3) is 0 Å². The minimum absolute atomic E-state index is 0.263. The maximum absolute atomic E-state index is 12.1. The summed E-state index contributed by atoms with van der Waals surface area (Å²) in [5.41, 5.74) is 4.77. The Kier molecular flexibility index (Phi) is 5.24. The molecule has 1 aliphatic carbocycles. The Hall–Kier alpha value is -2.58. The van der Waals surface area contributed by atoms with E-state index in [1.807, 2.05) is 22.9 Å². The van der Waals surface area contributed by atoms with Crippen LogP contribution in [0.1, 0.15) is 18.9 Å². The van der Waals surface area contributed by atoms with Crippen LogP contribution < -0.4 is 15.5 Å². The van der Waals surface area contributed by atoms with Crippen LogP contribution in [-0.4, -0.2) is 32.9 Å². The molecule has 0 spiro atoms. The van der Waals surface area contributed by atoms with E-state index in [1.54, 1.807) is 19.6 Å². The van der Waals surface area contributed by atoms with Crippen molar-refractivity contribution in [3.63, 3.8) is 0 Å². The average Bonchev–Trinajstić information content (AvgIpc) is 3.44. The molecule has 1 aromatic carbocycles. The molecule has 28 heavy (non-hydrogen) atoms. The van der Waals surface area contributed by atoms with Gasteiger partial charge in [-0.1, -0.05) is 0 Å². The van der Waals surface area contributed by atoms with Crippen LogP contribution in [0.4, 0.5) is 5.69 Å². The molecule has 1 fully saturated rings. The Bertz CT molecular complexity index is 972. The standard InChI is InChI=1S/C17H17ClN6O3.Zn/c1-27-15-11(16-20-9-24(22-16)10-5-6-10)3-2-4-12(15)21-23-8-14(18)19-7-13(23)17(25)26;/h2-4,7-10,19,21H,5-6H2,1H3,(H,25,26);/q;+1/p-1. The van der Waals surface area contributed by atoms with E-state index in [0.29, 0.717) is 47.1 Å². The van der Waals surface area contributed by atoms with E-state index < -0.39 is 5.97 Å². The van der Waals surface area contributed by atoms with Crippen molar-refractivity contribution >= 4 is 23.3 Å². The molecule has 2 aliphatic rings. The van der Waals surface area contributed by atoms with Crippen molar-refractivity contribution < 1.29 is 31.8 Å². The summed E-state index contributed by atoms with van der Waals surface area (Å²) in [6, 6.07) is 6.02. The van der Waals surface area contributed by atoms with E-state index in [0.717, 1.165) is 18.4 Å². The summed E-state index contributed by atoms with van der Waals surface area (Å²) in [4.78, 5) is 16.5. The van der Waals surface area contributed by atoms with Gasteiger partial charge < -0.3 is 0 Å². The van der Waals surface area contributed by atoms with Crippen molar-refractivity contribution in [2.45, 2.75) is 18.9 Å². The minimum atomic E-state index is -0.472. The molecule has 0 unspecified atom stereocenters. The number of para-hydroxylation sites is 1. The Morgan fingerprint density at radius 1 is 1.43 bits per heavy atom. The fourth-order valence-electron chi connectivity index (χ4n) is 2.81. The summed E-state index contributed by atoms with van der Waals surface area (Å²) < 4.78 is 12.5. The van der Waals surface area contributed by atoms with Gasteiger partial charge in [0.05, 0.1) is 0 Å². The number of hydrazine groups is 1. The molecule has 2 N–H and O–H groups in total. The first-order chi connectivity index (χ1) is 13.6. The number of benzene rings is 1. The zero-order valence-corrected chi connectivity index (χ0v) is 18.8. The van der Waals surface area contributed by atoms with Gasteiger partial charge in [0, 0.05) is 0 Å². The number of halogens is 1. The van der Waals surface area contributed by atoms with Crippen LogP contribution in [0.3, 0.4) is 0 Å². The van der Waals surface area contributed by atoms with Gasteiger partial charge in [0.2, 0.25) is 0 Å². The zero-order chi connectivity index (χ0) is 19.7. The third kappa shape index (κ3) is 3.70. The van der Waals surface area contributed by atoms with E-state index >= 15 is 0 Å². The summed E-state index contributed by atoms with van der Waals surface area (Å²) in [6.07, 6.45) is 7.02. The SMILES string of the molecule is COc1c(NN2C=C(Cl)NC=C2C(=O)[O][Zn])cccc1-c1ncn(C2CC2)n1. The normalized spacial score (nSPS) is 16.1. The summed E-state index contributed by atoms with van der Waals surface area (Å²) in [5, 5.41) is 9.18. The topological polar surface area (TPSA) is 93.5 Å². The van der Waals surface area contributed by atoms with Gasteiger partial charge in [-0.2, -0.15) is 0 Å². The number of nitrogens with zero attached hydrogens (tertiary/aromatic N) is 4. The quantitative estimate of drug-likeness (QED) is 0.509. The van der Waals surface area contributed by atoms with E-state index in [-0.39, 0.29) is 5.70 Å². The van der Waals surface area contributed by atoms with E-state index in [4.69, 9.17) is 19.9 Å². The van der Waals surface area contributed by atoms with E-state index in [2.05, 4.69) is 20.8 Å². The summed E-state index contributed by atoms with van der Waals surface area (Å²) in [5.74, 6) is 0.660. The van der Waals surface area contributed by atoms with Gasteiger partial charge >= 0.3 is 164 Å². The first kappa shape index (κ1) is 18.8. The number of hydrogen-bond donors (Lipinski definition) is 2. The van der Waals surface area contributed by atoms with Gasteiger partial charge in [0.15, 0.2) is 0 Å². The molecule has 141 valence electrons. The summed E-state index contributed by atoms with van der Waals surface area (Å²) in [7, 11) is 1.57. The van der Waals surface area contributed by atoms with E-state index in [9.17, 15) is 4.79 Å². The molecule has 0 radical (unpaired) electrons. The third-order valence-electron chi connectivity index (χ3n) is 4.32. The molecule has 4 rings (SSSR count). The van der Waals surface area contributed by atoms with E-state index in [1.165, 1.54) is 11.2 Å². The number of carbonyl (C=O) groups excluding carboxylic acids is 1. The molecular formula is C17H16ClN6O3Zn. The second kappa shape index (κ2) is 7.81. The number of methoxy groups -OCH3 is 1. The number of aromatic nitrogens is 3. The number of hydrogen-bond acceptors (Lipinski definition) is 8. The molecule has 11 heteroatoms. The number of carbonyl (C=O) groups is 1. The Balaban J connectivity index is 1.66. The van der Waals surface area contributed by atoms with Crippen LogP contribution in [-0.2, 0) is 27.0 Å². The number of nitrogens with one attached hydrogen (secondary N) is 2. The van der Waals surface area contributed by atoms with Crippen LogP contribution in [0.25, 0.3) is 11.4 Å². The van der Waals surface area contributed by atoms with Gasteiger partial charge in [-0.25, -0.2) is 0 Å². The molecule has 1 aromatic heterocycles. The summed E-state index contributed by atoms with van der Waals surface area (Å²) in [6.45, 7) is 0. The third-order valence-corrected chi connectivity index (χ3v) is 5.08. The predicted molar refractivity (Wildman–Crippen MR) is 97.0 cm³/mol. The van der Waals surface area contributed by atoms with Crippen molar-refractivity contribution in [1.29, 1.82) is 0 Å². The fourth-order valence-corrected chi connectivity index (χ4v) is 3.28. The molecule has 2 aromatic rings. The first-order valence-electron chi connectivity index (χ1n) is 8.55. The molecule has 1 saturated carbocycles. The van der Waals surface area contributed by atoms with Crippen LogP contribution in [0.5, 0.6) is 5.75 Å². The van der Waals surface area contributed by atoms with Crippen molar-refractivity contribution in [2.24, 2.45) is 0 Å². The van der Waals surface area contributed by atoms with Crippen molar-refractivity contribution in [3.05, 3.63) is 47.8 Å². The van der Waals surface area contributed by atoms with Gasteiger partial charge in [0.1, 0.15) is 0 Å². The molecule has 1 aliphatic heterocycles. The molecule has 0 saturated heterocycles. The van der Waals surface area contributed by atoms with Gasteiger partial charge in [-0.3, -0.25) is 0 Å². The number of anilines is 1. The Labute approximate surface area is 176 Å². The maximum atomic E-state index is 12.1. The Morgan fingerprint density at radius 3 is 2.96 bits per heavy atom. The number of ether oxygens (including phenoxy) is 1. The zero-order valence-electron chi connectivity index (χ0n) is 15.1.